The zero-order valence-corrected chi connectivity index (χ0v) is 15.0. The van der Waals surface area contributed by atoms with Crippen LogP contribution in [-0.4, -0.2) is 18.3 Å². The Morgan fingerprint density at radius 3 is 2.20 bits per heavy atom. The van der Waals surface area contributed by atoms with Crippen LogP contribution in [0, 0.1) is 5.92 Å². The zero-order valence-electron chi connectivity index (χ0n) is 15.0. The van der Waals surface area contributed by atoms with Crippen molar-refractivity contribution in [3.8, 4) is 5.75 Å². The van der Waals surface area contributed by atoms with E-state index in [2.05, 4.69) is 19.2 Å². The van der Waals surface area contributed by atoms with Crippen molar-refractivity contribution in [1.82, 2.24) is 5.32 Å². The number of Topliss-reactive ketones (excluding diaryl/α,β-unsaturated/α-hetero) is 1. The number of ether oxygens (including phenoxy) is 1. The van der Waals surface area contributed by atoms with Crippen molar-refractivity contribution in [2.24, 2.45) is 5.92 Å². The van der Waals surface area contributed by atoms with E-state index in [0.29, 0.717) is 17.7 Å². The van der Waals surface area contributed by atoms with E-state index < -0.39 is 0 Å². The fraction of sp³-hybridized carbons (Fsp3) is 0.333. The highest BCUT2D eigenvalue weighted by Gasteiger charge is 2.18. The molecule has 0 saturated carbocycles. The lowest BCUT2D eigenvalue weighted by atomic mass is 9.96. The van der Waals surface area contributed by atoms with Crippen LogP contribution in [0.1, 0.15) is 49.2 Å². The molecule has 0 aliphatic heterocycles. The van der Waals surface area contributed by atoms with Crippen LogP contribution in [0.5, 0.6) is 5.75 Å². The van der Waals surface area contributed by atoms with Crippen LogP contribution in [0.15, 0.2) is 54.6 Å². The average molecular weight is 339 g/mol. The van der Waals surface area contributed by atoms with Gasteiger partial charge in [-0.2, -0.15) is 0 Å². The largest absolute Gasteiger partial charge is 0.484 e. The Hall–Kier alpha value is -2.62. The predicted molar refractivity (Wildman–Crippen MR) is 98.7 cm³/mol. The molecule has 1 unspecified atom stereocenters. The molecule has 1 atom stereocenters. The molecule has 2 aromatic rings. The first-order chi connectivity index (χ1) is 12.0. The summed E-state index contributed by atoms with van der Waals surface area (Å²) in [6.07, 6.45) is 0.471. The fourth-order valence-electron chi connectivity index (χ4n) is 2.60. The van der Waals surface area contributed by atoms with Gasteiger partial charge in [-0.3, -0.25) is 9.59 Å². The quantitative estimate of drug-likeness (QED) is 0.734. The minimum absolute atomic E-state index is 0.0538. The highest BCUT2D eigenvalue weighted by atomic mass is 16.5. The van der Waals surface area contributed by atoms with Crippen molar-refractivity contribution in [3.05, 3.63) is 65.7 Å². The molecular formula is C21H25NO3. The number of hydrogen-bond acceptors (Lipinski definition) is 3. The molecule has 25 heavy (non-hydrogen) atoms. The van der Waals surface area contributed by atoms with Gasteiger partial charge in [0.15, 0.2) is 12.4 Å². The maximum atomic E-state index is 12.2. The van der Waals surface area contributed by atoms with Crippen LogP contribution in [0.4, 0.5) is 0 Å². The molecule has 4 heteroatoms. The molecule has 1 N–H and O–H groups in total. The summed E-state index contributed by atoms with van der Waals surface area (Å²) >= 11 is 0. The third-order valence-corrected chi connectivity index (χ3v) is 4.01. The molecule has 2 rings (SSSR count). The minimum atomic E-state index is -0.170. The van der Waals surface area contributed by atoms with E-state index in [9.17, 15) is 9.59 Å². The van der Waals surface area contributed by atoms with Gasteiger partial charge in [0.1, 0.15) is 5.75 Å². The first kappa shape index (κ1) is 18.7. The van der Waals surface area contributed by atoms with Gasteiger partial charge < -0.3 is 10.1 Å². The molecule has 4 nitrogen and oxygen atoms in total. The van der Waals surface area contributed by atoms with Crippen molar-refractivity contribution in [2.45, 2.75) is 33.2 Å². The van der Waals surface area contributed by atoms with Crippen molar-refractivity contribution < 1.29 is 14.3 Å². The van der Waals surface area contributed by atoms with Gasteiger partial charge in [0.25, 0.3) is 5.91 Å². The van der Waals surface area contributed by atoms with E-state index in [1.165, 1.54) is 0 Å². The number of carbonyl (C=O) groups is 2. The Balaban J connectivity index is 1.92. The topological polar surface area (TPSA) is 55.4 Å². The lowest BCUT2D eigenvalue weighted by Crippen LogP contribution is -2.35. The summed E-state index contributed by atoms with van der Waals surface area (Å²) in [6, 6.07) is 16.7. The molecule has 0 radical (unpaired) electrons. The molecule has 0 bridgehead atoms. The molecule has 0 aliphatic carbocycles. The Bertz CT molecular complexity index is 693. The maximum absolute atomic E-state index is 12.2. The van der Waals surface area contributed by atoms with Gasteiger partial charge in [-0.15, -0.1) is 0 Å². The van der Waals surface area contributed by atoms with Crippen LogP contribution in [0.3, 0.4) is 0 Å². The van der Waals surface area contributed by atoms with Crippen LogP contribution in [0.25, 0.3) is 0 Å². The summed E-state index contributed by atoms with van der Waals surface area (Å²) in [5.74, 6) is 0.762. The summed E-state index contributed by atoms with van der Waals surface area (Å²) in [5, 5.41) is 3.02. The van der Waals surface area contributed by atoms with Gasteiger partial charge in [0.05, 0.1) is 6.04 Å². The highest BCUT2D eigenvalue weighted by Crippen LogP contribution is 2.21. The fourth-order valence-corrected chi connectivity index (χ4v) is 2.60. The second-order valence-corrected chi connectivity index (χ2v) is 6.29. The molecule has 0 aliphatic rings. The Morgan fingerprint density at radius 1 is 1.00 bits per heavy atom. The van der Waals surface area contributed by atoms with Gasteiger partial charge in [-0.1, -0.05) is 51.1 Å². The van der Waals surface area contributed by atoms with Crippen molar-refractivity contribution in [2.75, 3.05) is 6.61 Å². The Labute approximate surface area is 149 Å². The molecule has 0 aromatic heterocycles. The predicted octanol–water partition coefficient (Wildman–Crippen LogP) is 4.17. The molecule has 0 fully saturated rings. The average Bonchev–Trinajstić information content (AvgIpc) is 2.64. The lowest BCUT2D eigenvalue weighted by molar-refractivity contribution is -0.124. The van der Waals surface area contributed by atoms with E-state index in [1.54, 1.807) is 24.3 Å². The molecule has 1 amide bonds. The summed E-state index contributed by atoms with van der Waals surface area (Å²) in [7, 11) is 0. The Kier molecular flexibility index (Phi) is 6.75. The van der Waals surface area contributed by atoms with Crippen molar-refractivity contribution in [3.63, 3.8) is 0 Å². The zero-order chi connectivity index (χ0) is 18.2. The number of rotatable bonds is 8. The molecule has 0 saturated heterocycles. The summed E-state index contributed by atoms with van der Waals surface area (Å²) in [6.45, 7) is 5.91. The van der Waals surface area contributed by atoms with E-state index >= 15 is 0 Å². The number of nitrogens with one attached hydrogen (secondary N) is 1. The number of amides is 1. The van der Waals surface area contributed by atoms with Gasteiger partial charge in [0, 0.05) is 12.0 Å². The number of ketones is 1. The van der Waals surface area contributed by atoms with Gasteiger partial charge in [-0.25, -0.2) is 0 Å². The van der Waals surface area contributed by atoms with E-state index in [4.69, 9.17) is 4.74 Å². The Morgan fingerprint density at radius 2 is 1.64 bits per heavy atom. The van der Waals surface area contributed by atoms with Gasteiger partial charge in [0.2, 0.25) is 0 Å². The maximum Gasteiger partial charge on any atom is 0.258 e. The molecule has 132 valence electrons. The van der Waals surface area contributed by atoms with E-state index in [1.807, 2.05) is 37.3 Å². The summed E-state index contributed by atoms with van der Waals surface area (Å²) in [5.41, 5.74) is 1.73. The number of carbonyl (C=O) groups excluding carboxylic acids is 2. The third kappa shape index (κ3) is 5.45. The smallest absolute Gasteiger partial charge is 0.258 e. The first-order valence-corrected chi connectivity index (χ1v) is 8.61. The third-order valence-electron chi connectivity index (χ3n) is 4.01. The number of hydrogen-bond donors (Lipinski definition) is 1. The van der Waals surface area contributed by atoms with Crippen LogP contribution in [0.2, 0.25) is 0 Å². The van der Waals surface area contributed by atoms with Crippen molar-refractivity contribution in [1.29, 1.82) is 0 Å². The SMILES string of the molecule is CCC(=O)c1ccc(OCC(=O)NC(c2ccccc2)C(C)C)cc1. The van der Waals surface area contributed by atoms with Gasteiger partial charge in [-0.05, 0) is 35.7 Å². The second kappa shape index (κ2) is 9.02. The highest BCUT2D eigenvalue weighted by molar-refractivity contribution is 5.95. The van der Waals surface area contributed by atoms with Gasteiger partial charge >= 0.3 is 0 Å². The van der Waals surface area contributed by atoms with Crippen molar-refractivity contribution >= 4 is 11.7 Å². The van der Waals surface area contributed by atoms with E-state index in [-0.39, 0.29) is 30.3 Å². The summed E-state index contributed by atoms with van der Waals surface area (Å²) in [4.78, 5) is 23.8. The van der Waals surface area contributed by atoms with E-state index in [0.717, 1.165) is 5.56 Å². The molecule has 2 aromatic carbocycles. The second-order valence-electron chi connectivity index (χ2n) is 6.29. The minimum Gasteiger partial charge on any atom is -0.484 e. The van der Waals surface area contributed by atoms with Crippen LogP contribution < -0.4 is 10.1 Å². The van der Waals surface area contributed by atoms with Crippen LogP contribution >= 0.6 is 0 Å². The molecule has 0 spiro atoms. The molecular weight excluding hydrogens is 314 g/mol. The standard InChI is InChI=1S/C21H25NO3/c1-4-19(23)16-10-12-18(13-11-16)25-14-20(24)22-21(15(2)3)17-8-6-5-7-9-17/h5-13,15,21H,4,14H2,1-3H3,(H,22,24). The normalized spacial score (nSPS) is 11.8. The number of benzene rings is 2. The van der Waals surface area contributed by atoms with Crippen LogP contribution in [-0.2, 0) is 4.79 Å². The molecule has 0 heterocycles. The first-order valence-electron chi connectivity index (χ1n) is 8.61. The summed E-state index contributed by atoms with van der Waals surface area (Å²) < 4.78 is 5.53. The lowest BCUT2D eigenvalue weighted by Gasteiger charge is -2.23. The monoisotopic (exact) mass is 339 g/mol.